The Labute approximate surface area is 187 Å². The molecule has 0 spiro atoms. The summed E-state index contributed by atoms with van der Waals surface area (Å²) in [5, 5.41) is 13.4. The van der Waals surface area contributed by atoms with Gasteiger partial charge in [0, 0.05) is 0 Å². The third kappa shape index (κ3) is 2.32. The second kappa shape index (κ2) is 6.31. The van der Waals surface area contributed by atoms with Crippen molar-refractivity contribution >= 4 is 53.9 Å². The Hall–Kier alpha value is -3.90. The van der Waals surface area contributed by atoms with Gasteiger partial charge >= 0.3 is 0 Å². The number of benzene rings is 7. The van der Waals surface area contributed by atoms with E-state index in [1.807, 2.05) is 0 Å². The van der Waals surface area contributed by atoms with Gasteiger partial charge in [0.1, 0.15) is 0 Å². The van der Waals surface area contributed by atoms with E-state index in [0.29, 0.717) is 0 Å². The van der Waals surface area contributed by atoms with Crippen LogP contribution in [0.2, 0.25) is 0 Å². The maximum Gasteiger partial charge on any atom is -0.00141 e. The van der Waals surface area contributed by atoms with Gasteiger partial charge in [-0.1, -0.05) is 91.0 Å². The average molecular weight is 407 g/mol. The monoisotopic (exact) mass is 406 g/mol. The van der Waals surface area contributed by atoms with E-state index in [0.717, 1.165) is 0 Å². The lowest BCUT2D eigenvalue weighted by atomic mass is 9.86. The van der Waals surface area contributed by atoms with Crippen LogP contribution in [-0.4, -0.2) is 0 Å². The highest BCUT2D eigenvalue weighted by Gasteiger charge is 2.15. The van der Waals surface area contributed by atoms with Crippen LogP contribution in [0, 0.1) is 13.8 Å². The minimum atomic E-state index is 1.28. The van der Waals surface area contributed by atoms with Gasteiger partial charge in [-0.05, 0) is 96.0 Å². The summed E-state index contributed by atoms with van der Waals surface area (Å²) >= 11 is 0. The molecule has 0 radical (unpaired) electrons. The van der Waals surface area contributed by atoms with Gasteiger partial charge in [0.05, 0.1) is 0 Å². The second-order valence-electron chi connectivity index (χ2n) is 9.10. The van der Waals surface area contributed by atoms with E-state index in [2.05, 4.69) is 111 Å². The van der Waals surface area contributed by atoms with Gasteiger partial charge in [0.2, 0.25) is 0 Å². The van der Waals surface area contributed by atoms with Crippen molar-refractivity contribution in [3.8, 4) is 11.1 Å². The maximum atomic E-state index is 2.35. The van der Waals surface area contributed by atoms with Crippen LogP contribution >= 0.6 is 0 Å². The smallest absolute Gasteiger partial charge is 0.00141 e. The van der Waals surface area contributed by atoms with Crippen LogP contribution in [0.3, 0.4) is 0 Å². The Bertz CT molecular complexity index is 1840. The van der Waals surface area contributed by atoms with Crippen LogP contribution in [0.15, 0.2) is 97.1 Å². The Morgan fingerprint density at radius 1 is 0.406 bits per heavy atom. The highest BCUT2D eigenvalue weighted by molar-refractivity contribution is 6.35. The number of hydrogen-bond donors (Lipinski definition) is 0. The minimum Gasteiger partial charge on any atom is -0.0616 e. The van der Waals surface area contributed by atoms with Gasteiger partial charge in [0.15, 0.2) is 0 Å². The van der Waals surface area contributed by atoms with Gasteiger partial charge < -0.3 is 0 Å². The first-order valence-electron chi connectivity index (χ1n) is 11.3. The number of rotatable bonds is 1. The number of fused-ring (bicyclic) bond motifs is 4. The van der Waals surface area contributed by atoms with E-state index >= 15 is 0 Å². The number of hydrogen-bond acceptors (Lipinski definition) is 0. The molecule has 32 heavy (non-hydrogen) atoms. The molecule has 0 amide bonds. The molecule has 0 bridgehead atoms. The van der Waals surface area contributed by atoms with Crippen LogP contribution in [0.1, 0.15) is 11.1 Å². The standard InChI is InChI=1S/C32H22/c1-19-16-22-10-11-23(18-24(22)17-20(19)2)25-14-15-30-27-8-4-3-7-26(27)28-9-5-6-21-12-13-29(25)32(30)31(21)28/h3-18H,1-2H3. The highest BCUT2D eigenvalue weighted by Crippen LogP contribution is 2.43. The molecule has 0 fully saturated rings. The van der Waals surface area contributed by atoms with Crippen molar-refractivity contribution in [2.24, 2.45) is 0 Å². The predicted molar refractivity (Wildman–Crippen MR) is 140 cm³/mol. The lowest BCUT2D eigenvalue weighted by molar-refractivity contribution is 1.37. The van der Waals surface area contributed by atoms with E-state index in [-0.39, 0.29) is 0 Å². The Kier molecular flexibility index (Phi) is 3.50. The molecule has 0 aliphatic carbocycles. The van der Waals surface area contributed by atoms with Crippen LogP contribution < -0.4 is 0 Å². The quantitative estimate of drug-likeness (QED) is 0.188. The summed E-state index contributed by atoms with van der Waals surface area (Å²) in [6.45, 7) is 4.39. The largest absolute Gasteiger partial charge is 0.0616 e. The highest BCUT2D eigenvalue weighted by atomic mass is 14.2. The summed E-state index contributed by atoms with van der Waals surface area (Å²) in [4.78, 5) is 0. The third-order valence-electron chi connectivity index (χ3n) is 7.29. The maximum absolute atomic E-state index is 2.35. The average Bonchev–Trinajstić information content (AvgIpc) is 2.83. The SMILES string of the molecule is Cc1cc2ccc(-c3ccc4c5ccccc5c5cccc6ccc3c4c65)cc2cc1C. The first-order valence-corrected chi connectivity index (χ1v) is 11.3. The molecule has 0 aromatic heterocycles. The normalized spacial score (nSPS) is 12.1. The van der Waals surface area contributed by atoms with Gasteiger partial charge in [-0.15, -0.1) is 0 Å². The molecule has 0 N–H and O–H groups in total. The Balaban J connectivity index is 1.63. The fourth-order valence-corrected chi connectivity index (χ4v) is 5.57. The summed E-state index contributed by atoms with van der Waals surface area (Å²) in [6.07, 6.45) is 0. The van der Waals surface area contributed by atoms with E-state index in [4.69, 9.17) is 0 Å². The van der Waals surface area contributed by atoms with Crippen molar-refractivity contribution in [3.63, 3.8) is 0 Å². The van der Waals surface area contributed by atoms with E-state index in [9.17, 15) is 0 Å². The Morgan fingerprint density at radius 2 is 1.06 bits per heavy atom. The summed E-state index contributed by atoms with van der Waals surface area (Å²) in [5.74, 6) is 0. The summed E-state index contributed by atoms with van der Waals surface area (Å²) in [7, 11) is 0. The van der Waals surface area contributed by atoms with E-state index < -0.39 is 0 Å². The van der Waals surface area contributed by atoms with Gasteiger partial charge in [-0.3, -0.25) is 0 Å². The molecule has 0 heterocycles. The van der Waals surface area contributed by atoms with E-state index in [1.165, 1.54) is 76.1 Å². The van der Waals surface area contributed by atoms with Crippen LogP contribution in [0.25, 0.3) is 65.0 Å². The molecular weight excluding hydrogens is 384 g/mol. The van der Waals surface area contributed by atoms with Crippen molar-refractivity contribution in [1.82, 2.24) is 0 Å². The van der Waals surface area contributed by atoms with Crippen LogP contribution in [0.5, 0.6) is 0 Å². The van der Waals surface area contributed by atoms with Gasteiger partial charge in [-0.2, -0.15) is 0 Å². The molecule has 0 saturated heterocycles. The fourth-order valence-electron chi connectivity index (χ4n) is 5.57. The molecule has 0 unspecified atom stereocenters. The third-order valence-corrected chi connectivity index (χ3v) is 7.29. The molecular formula is C32H22. The van der Waals surface area contributed by atoms with Crippen molar-refractivity contribution in [3.05, 3.63) is 108 Å². The Morgan fingerprint density at radius 3 is 1.88 bits per heavy atom. The number of aryl methyl sites for hydroxylation is 2. The lowest BCUT2D eigenvalue weighted by Gasteiger charge is -2.17. The van der Waals surface area contributed by atoms with Crippen molar-refractivity contribution in [2.75, 3.05) is 0 Å². The molecule has 7 rings (SSSR count). The van der Waals surface area contributed by atoms with Crippen molar-refractivity contribution in [1.29, 1.82) is 0 Å². The summed E-state index contributed by atoms with van der Waals surface area (Å²) < 4.78 is 0. The zero-order chi connectivity index (χ0) is 21.4. The molecule has 7 aromatic carbocycles. The van der Waals surface area contributed by atoms with Crippen molar-refractivity contribution < 1.29 is 0 Å². The predicted octanol–water partition coefficient (Wildman–Crippen LogP) is 9.17. The zero-order valence-electron chi connectivity index (χ0n) is 18.2. The molecule has 0 aliphatic heterocycles. The van der Waals surface area contributed by atoms with Crippen molar-refractivity contribution in [2.45, 2.75) is 13.8 Å². The summed E-state index contributed by atoms with van der Waals surface area (Å²) in [6, 6.07) is 36.3. The summed E-state index contributed by atoms with van der Waals surface area (Å²) in [5.41, 5.74) is 5.28. The molecule has 0 saturated carbocycles. The molecule has 0 nitrogen and oxygen atoms in total. The second-order valence-corrected chi connectivity index (χ2v) is 9.10. The molecule has 7 aromatic rings. The zero-order valence-corrected chi connectivity index (χ0v) is 18.2. The molecule has 150 valence electrons. The molecule has 0 heteroatoms. The molecule has 0 atom stereocenters. The topological polar surface area (TPSA) is 0 Å². The van der Waals surface area contributed by atoms with Gasteiger partial charge in [-0.25, -0.2) is 0 Å². The van der Waals surface area contributed by atoms with Gasteiger partial charge in [0.25, 0.3) is 0 Å². The minimum absolute atomic E-state index is 1.28. The first-order chi connectivity index (χ1) is 15.7. The van der Waals surface area contributed by atoms with Crippen LogP contribution in [0.4, 0.5) is 0 Å². The first kappa shape index (κ1) is 17.7. The lowest BCUT2D eigenvalue weighted by Crippen LogP contribution is -1.90. The van der Waals surface area contributed by atoms with E-state index in [1.54, 1.807) is 0 Å². The fraction of sp³-hybridized carbons (Fsp3) is 0.0625. The van der Waals surface area contributed by atoms with Crippen LogP contribution in [-0.2, 0) is 0 Å². The molecule has 0 aliphatic rings.